The molecular weight excluding hydrogens is 314 g/mol. The third-order valence-electron chi connectivity index (χ3n) is 2.81. The monoisotopic (exact) mass is 325 g/mol. The van der Waals surface area contributed by atoms with Gasteiger partial charge in [-0.3, -0.25) is 0 Å². The van der Waals surface area contributed by atoms with Gasteiger partial charge in [0, 0.05) is 16.2 Å². The second-order valence-corrected chi connectivity index (χ2v) is 5.41. The van der Waals surface area contributed by atoms with Gasteiger partial charge in [0.25, 0.3) is 0 Å². The van der Waals surface area contributed by atoms with Crippen LogP contribution in [0.2, 0.25) is 5.02 Å². The summed E-state index contributed by atoms with van der Waals surface area (Å²) in [6.07, 6.45) is 1.51. The molecule has 18 heavy (non-hydrogen) atoms. The molecule has 4 N–H and O–H groups in total. The number of nitrogens with two attached hydrogens (primary N) is 2. The Kier molecular flexibility index (Phi) is 3.90. The van der Waals surface area contributed by atoms with Crippen LogP contribution in [0.15, 0.2) is 34.9 Å². The van der Waals surface area contributed by atoms with Gasteiger partial charge in [0.05, 0.1) is 11.1 Å². The lowest BCUT2D eigenvalue weighted by molar-refractivity contribution is 0.866. The van der Waals surface area contributed by atoms with E-state index in [-0.39, 0.29) is 6.04 Å². The lowest BCUT2D eigenvalue weighted by Crippen LogP contribution is -2.14. The van der Waals surface area contributed by atoms with Crippen molar-refractivity contribution in [2.24, 2.45) is 5.73 Å². The van der Waals surface area contributed by atoms with Crippen LogP contribution in [0.3, 0.4) is 0 Å². The summed E-state index contributed by atoms with van der Waals surface area (Å²) in [4.78, 5) is 4.02. The minimum atomic E-state index is -0.340. The summed E-state index contributed by atoms with van der Waals surface area (Å²) in [5.41, 5.74) is 14.9. The molecule has 94 valence electrons. The highest BCUT2D eigenvalue weighted by atomic mass is 79.9. The highest BCUT2D eigenvalue weighted by molar-refractivity contribution is 9.10. The van der Waals surface area contributed by atoms with Gasteiger partial charge in [-0.2, -0.15) is 0 Å². The molecule has 0 bridgehead atoms. The van der Waals surface area contributed by atoms with Crippen LogP contribution in [0, 0.1) is 6.92 Å². The predicted octanol–water partition coefficient (Wildman–Crippen LogP) is 3.44. The summed E-state index contributed by atoms with van der Waals surface area (Å²) in [5, 5.41) is 0.529. The van der Waals surface area contributed by atoms with Gasteiger partial charge in [-0.05, 0) is 30.2 Å². The van der Waals surface area contributed by atoms with Gasteiger partial charge in [0.15, 0.2) is 0 Å². The van der Waals surface area contributed by atoms with Crippen LogP contribution in [-0.2, 0) is 0 Å². The quantitative estimate of drug-likeness (QED) is 0.888. The van der Waals surface area contributed by atoms with E-state index in [1.54, 1.807) is 6.07 Å². The van der Waals surface area contributed by atoms with Gasteiger partial charge in [-0.15, -0.1) is 0 Å². The van der Waals surface area contributed by atoms with Gasteiger partial charge >= 0.3 is 0 Å². The number of rotatable bonds is 2. The van der Waals surface area contributed by atoms with E-state index in [0.717, 1.165) is 21.2 Å². The first-order chi connectivity index (χ1) is 8.49. The van der Waals surface area contributed by atoms with Crippen LogP contribution in [0.25, 0.3) is 0 Å². The minimum absolute atomic E-state index is 0.340. The van der Waals surface area contributed by atoms with Crippen LogP contribution in [0.4, 0.5) is 5.82 Å². The van der Waals surface area contributed by atoms with Crippen molar-refractivity contribution in [3.8, 4) is 0 Å². The zero-order chi connectivity index (χ0) is 13.3. The van der Waals surface area contributed by atoms with E-state index in [1.807, 2.05) is 25.1 Å². The number of hydrogen-bond donors (Lipinski definition) is 2. The van der Waals surface area contributed by atoms with Crippen molar-refractivity contribution < 1.29 is 0 Å². The fraction of sp³-hybridized carbons (Fsp3) is 0.154. The van der Waals surface area contributed by atoms with E-state index in [4.69, 9.17) is 23.1 Å². The fourth-order valence-electron chi connectivity index (χ4n) is 1.70. The Morgan fingerprint density at radius 2 is 2.06 bits per heavy atom. The molecule has 0 aliphatic rings. The number of nitrogens with zero attached hydrogens (tertiary/aromatic N) is 1. The molecule has 3 nitrogen and oxygen atoms in total. The Morgan fingerprint density at radius 1 is 1.33 bits per heavy atom. The number of pyridine rings is 1. The molecule has 1 aromatic heterocycles. The Balaban J connectivity index is 2.44. The van der Waals surface area contributed by atoms with Crippen molar-refractivity contribution in [2.45, 2.75) is 13.0 Å². The van der Waals surface area contributed by atoms with Crippen molar-refractivity contribution in [2.75, 3.05) is 5.73 Å². The SMILES string of the molecule is Cc1ccc(C(N)c2cc(Cl)cnc2N)cc1Br. The van der Waals surface area contributed by atoms with Gasteiger partial charge in [0.1, 0.15) is 5.82 Å². The topological polar surface area (TPSA) is 64.9 Å². The zero-order valence-electron chi connectivity index (χ0n) is 9.82. The van der Waals surface area contributed by atoms with Gasteiger partial charge in [0.2, 0.25) is 0 Å². The summed E-state index contributed by atoms with van der Waals surface area (Å²) in [7, 11) is 0. The maximum absolute atomic E-state index is 6.21. The smallest absolute Gasteiger partial charge is 0.128 e. The van der Waals surface area contributed by atoms with E-state index in [9.17, 15) is 0 Å². The molecule has 2 rings (SSSR count). The van der Waals surface area contributed by atoms with E-state index < -0.39 is 0 Å². The van der Waals surface area contributed by atoms with Crippen molar-refractivity contribution in [1.29, 1.82) is 0 Å². The van der Waals surface area contributed by atoms with E-state index in [2.05, 4.69) is 20.9 Å². The number of benzene rings is 1. The van der Waals surface area contributed by atoms with E-state index in [1.165, 1.54) is 6.20 Å². The second-order valence-electron chi connectivity index (χ2n) is 4.11. The summed E-state index contributed by atoms with van der Waals surface area (Å²) in [6, 6.07) is 7.38. The molecule has 2 aromatic rings. The van der Waals surface area contributed by atoms with E-state index in [0.29, 0.717) is 10.8 Å². The first-order valence-electron chi connectivity index (χ1n) is 5.41. The molecule has 0 saturated heterocycles. The summed E-state index contributed by atoms with van der Waals surface area (Å²) < 4.78 is 1.02. The largest absolute Gasteiger partial charge is 0.383 e. The molecule has 1 atom stereocenters. The molecule has 1 unspecified atom stereocenters. The van der Waals surface area contributed by atoms with Crippen LogP contribution in [0.5, 0.6) is 0 Å². The van der Waals surface area contributed by atoms with E-state index >= 15 is 0 Å². The number of aromatic nitrogens is 1. The van der Waals surface area contributed by atoms with Crippen LogP contribution in [0.1, 0.15) is 22.7 Å². The number of nitrogen functional groups attached to an aromatic ring is 1. The molecule has 0 radical (unpaired) electrons. The average Bonchev–Trinajstić information content (AvgIpc) is 2.35. The average molecular weight is 327 g/mol. The van der Waals surface area contributed by atoms with Crippen LogP contribution in [-0.4, -0.2) is 4.98 Å². The molecule has 0 amide bonds. The van der Waals surface area contributed by atoms with Crippen molar-refractivity contribution in [3.63, 3.8) is 0 Å². The number of anilines is 1. The van der Waals surface area contributed by atoms with Crippen LogP contribution >= 0.6 is 27.5 Å². The van der Waals surface area contributed by atoms with Crippen molar-refractivity contribution >= 4 is 33.3 Å². The zero-order valence-corrected chi connectivity index (χ0v) is 12.2. The van der Waals surface area contributed by atoms with Gasteiger partial charge < -0.3 is 11.5 Å². The molecule has 1 heterocycles. The number of halogens is 2. The lowest BCUT2D eigenvalue weighted by Gasteiger charge is -2.15. The standard InChI is InChI=1S/C13H13BrClN3/c1-7-2-3-8(4-11(7)14)12(16)10-5-9(15)6-18-13(10)17/h2-6,12H,16H2,1H3,(H2,17,18). The summed E-state index contributed by atoms with van der Waals surface area (Å²) in [5.74, 6) is 0.406. The minimum Gasteiger partial charge on any atom is -0.383 e. The summed E-state index contributed by atoms with van der Waals surface area (Å²) in [6.45, 7) is 2.02. The number of aryl methyl sites for hydroxylation is 1. The number of hydrogen-bond acceptors (Lipinski definition) is 3. The predicted molar refractivity (Wildman–Crippen MR) is 78.6 cm³/mol. The molecule has 1 aromatic carbocycles. The van der Waals surface area contributed by atoms with Gasteiger partial charge in [-0.1, -0.05) is 39.7 Å². The highest BCUT2D eigenvalue weighted by Crippen LogP contribution is 2.28. The normalized spacial score (nSPS) is 12.4. The van der Waals surface area contributed by atoms with Crippen molar-refractivity contribution in [3.05, 3.63) is 56.6 Å². The molecule has 0 saturated carbocycles. The molecule has 0 fully saturated rings. The van der Waals surface area contributed by atoms with Crippen molar-refractivity contribution in [1.82, 2.24) is 4.98 Å². The Bertz CT molecular complexity index is 586. The lowest BCUT2D eigenvalue weighted by atomic mass is 9.99. The molecular formula is C13H13BrClN3. The first-order valence-corrected chi connectivity index (χ1v) is 6.58. The third kappa shape index (κ3) is 2.66. The molecule has 0 aliphatic heterocycles. The molecule has 0 aliphatic carbocycles. The first kappa shape index (κ1) is 13.3. The Hall–Kier alpha value is -1.10. The summed E-state index contributed by atoms with van der Waals surface area (Å²) >= 11 is 9.41. The van der Waals surface area contributed by atoms with Gasteiger partial charge in [-0.25, -0.2) is 4.98 Å². The molecule has 0 spiro atoms. The molecule has 5 heteroatoms. The maximum Gasteiger partial charge on any atom is 0.128 e. The second kappa shape index (κ2) is 5.26. The van der Waals surface area contributed by atoms with Crippen LogP contribution < -0.4 is 11.5 Å². The Labute approximate surface area is 119 Å². The Morgan fingerprint density at radius 3 is 2.72 bits per heavy atom. The fourth-order valence-corrected chi connectivity index (χ4v) is 2.26. The highest BCUT2D eigenvalue weighted by Gasteiger charge is 2.14. The third-order valence-corrected chi connectivity index (χ3v) is 3.87. The maximum atomic E-state index is 6.21.